The van der Waals surface area contributed by atoms with E-state index in [9.17, 15) is 0 Å². The number of fused-ring (bicyclic) bond motifs is 1. The number of nitrogens with one attached hydrogen (secondary N) is 1. The second kappa shape index (κ2) is 8.28. The van der Waals surface area contributed by atoms with Crippen molar-refractivity contribution in [1.82, 2.24) is 9.97 Å². The van der Waals surface area contributed by atoms with Crippen molar-refractivity contribution >= 4 is 22.4 Å². The summed E-state index contributed by atoms with van der Waals surface area (Å²) in [6.07, 6.45) is 0. The zero-order valence-electron chi connectivity index (χ0n) is 17.1. The van der Waals surface area contributed by atoms with Crippen LogP contribution in [0, 0.1) is 6.92 Å². The van der Waals surface area contributed by atoms with Crippen molar-refractivity contribution < 1.29 is 4.74 Å². The summed E-state index contributed by atoms with van der Waals surface area (Å²) in [5, 5.41) is 4.43. The van der Waals surface area contributed by atoms with E-state index in [1.54, 1.807) is 0 Å². The lowest BCUT2D eigenvalue weighted by atomic mass is 10.1. The lowest BCUT2D eigenvalue weighted by Crippen LogP contribution is -1.99. The number of hydrogen-bond donors (Lipinski definition) is 1. The molecule has 0 unspecified atom stereocenters. The molecule has 0 aliphatic heterocycles. The number of ether oxygens (including phenoxy) is 1. The molecule has 4 heteroatoms. The van der Waals surface area contributed by atoms with Gasteiger partial charge in [-0.3, -0.25) is 0 Å². The molecule has 1 heterocycles. The second-order valence-electron chi connectivity index (χ2n) is 7.34. The highest BCUT2D eigenvalue weighted by atomic mass is 16.5. The Morgan fingerprint density at radius 1 is 0.645 bits per heavy atom. The Morgan fingerprint density at radius 2 is 1.32 bits per heavy atom. The van der Waals surface area contributed by atoms with E-state index >= 15 is 0 Å². The molecule has 4 aromatic carbocycles. The molecule has 0 saturated carbocycles. The molecule has 4 nitrogen and oxygen atoms in total. The summed E-state index contributed by atoms with van der Waals surface area (Å²) in [5.74, 6) is 3.07. The van der Waals surface area contributed by atoms with E-state index in [1.807, 2.05) is 78.9 Å². The number of aromatic nitrogens is 2. The number of hydrogen-bond acceptors (Lipinski definition) is 4. The molecule has 0 atom stereocenters. The van der Waals surface area contributed by atoms with Gasteiger partial charge in [0.2, 0.25) is 0 Å². The van der Waals surface area contributed by atoms with Crippen molar-refractivity contribution in [1.29, 1.82) is 0 Å². The van der Waals surface area contributed by atoms with Gasteiger partial charge in [0.05, 0.1) is 5.52 Å². The van der Waals surface area contributed by atoms with E-state index in [-0.39, 0.29) is 0 Å². The molecule has 150 valence electrons. The summed E-state index contributed by atoms with van der Waals surface area (Å²) >= 11 is 0. The predicted octanol–water partition coefficient (Wildman–Crippen LogP) is 7.14. The summed E-state index contributed by atoms with van der Waals surface area (Å²) in [6, 6.07) is 33.9. The lowest BCUT2D eigenvalue weighted by Gasteiger charge is -2.12. The molecule has 1 aromatic heterocycles. The van der Waals surface area contributed by atoms with Crippen LogP contribution in [-0.4, -0.2) is 9.97 Å². The first-order valence-electron chi connectivity index (χ1n) is 10.2. The Morgan fingerprint density at radius 3 is 2.10 bits per heavy atom. The fourth-order valence-electron chi connectivity index (χ4n) is 3.37. The average Bonchev–Trinajstić information content (AvgIpc) is 2.81. The Bertz CT molecular complexity index is 1310. The Hall–Kier alpha value is -4.18. The van der Waals surface area contributed by atoms with Gasteiger partial charge in [0, 0.05) is 16.6 Å². The summed E-state index contributed by atoms with van der Waals surface area (Å²) in [4.78, 5) is 9.60. The van der Waals surface area contributed by atoms with Crippen LogP contribution in [0.3, 0.4) is 0 Å². The molecule has 0 radical (unpaired) electrons. The van der Waals surface area contributed by atoms with Crippen molar-refractivity contribution in [2.24, 2.45) is 0 Å². The second-order valence-corrected chi connectivity index (χ2v) is 7.34. The van der Waals surface area contributed by atoms with Crippen LogP contribution in [-0.2, 0) is 0 Å². The number of para-hydroxylation sites is 2. The largest absolute Gasteiger partial charge is 0.457 e. The highest BCUT2D eigenvalue weighted by Gasteiger charge is 2.10. The van der Waals surface area contributed by atoms with Crippen molar-refractivity contribution in [3.63, 3.8) is 0 Å². The number of benzene rings is 4. The van der Waals surface area contributed by atoms with Crippen LogP contribution in [0.2, 0.25) is 0 Å². The summed E-state index contributed by atoms with van der Waals surface area (Å²) < 4.78 is 5.89. The lowest BCUT2D eigenvalue weighted by molar-refractivity contribution is 0.483. The van der Waals surface area contributed by atoms with Crippen LogP contribution in [0.1, 0.15) is 5.56 Å². The summed E-state index contributed by atoms with van der Waals surface area (Å²) in [7, 11) is 0. The first kappa shape index (κ1) is 18.8. The maximum absolute atomic E-state index is 5.89. The van der Waals surface area contributed by atoms with E-state index in [0.717, 1.165) is 39.5 Å². The fraction of sp³-hybridized carbons (Fsp3) is 0.0370. The maximum atomic E-state index is 5.89. The van der Waals surface area contributed by atoms with Gasteiger partial charge in [0.1, 0.15) is 17.3 Å². The molecule has 5 rings (SSSR count). The first-order valence-corrected chi connectivity index (χ1v) is 10.2. The third-order valence-electron chi connectivity index (χ3n) is 5.01. The molecular weight excluding hydrogens is 382 g/mol. The smallest absolute Gasteiger partial charge is 0.162 e. The SMILES string of the molecule is Cc1ccc(-c2nc(Nc3ccc(Oc4ccccc4)cc3)c3ccccc3n2)cc1. The van der Waals surface area contributed by atoms with Gasteiger partial charge in [0.25, 0.3) is 0 Å². The molecule has 0 fully saturated rings. The Balaban J connectivity index is 1.46. The first-order chi connectivity index (χ1) is 15.2. The van der Waals surface area contributed by atoms with E-state index in [0.29, 0.717) is 5.82 Å². The van der Waals surface area contributed by atoms with Crippen LogP contribution in [0.5, 0.6) is 11.5 Å². The zero-order valence-corrected chi connectivity index (χ0v) is 17.1. The molecule has 0 aliphatic carbocycles. The number of anilines is 2. The van der Waals surface area contributed by atoms with Crippen LogP contribution >= 0.6 is 0 Å². The van der Waals surface area contributed by atoms with Gasteiger partial charge in [0.15, 0.2) is 5.82 Å². The summed E-state index contributed by atoms with van der Waals surface area (Å²) in [5.41, 5.74) is 4.03. The molecule has 0 aliphatic rings. The molecule has 1 N–H and O–H groups in total. The molecular formula is C27H21N3O. The van der Waals surface area contributed by atoms with Gasteiger partial charge < -0.3 is 10.1 Å². The quantitative estimate of drug-likeness (QED) is 0.339. The zero-order chi connectivity index (χ0) is 21.0. The molecule has 0 bridgehead atoms. The third-order valence-corrected chi connectivity index (χ3v) is 5.01. The van der Waals surface area contributed by atoms with Crippen molar-refractivity contribution in [3.05, 3.63) is 109 Å². The minimum Gasteiger partial charge on any atom is -0.457 e. The number of rotatable bonds is 5. The van der Waals surface area contributed by atoms with Gasteiger partial charge in [-0.25, -0.2) is 9.97 Å². The number of aryl methyl sites for hydroxylation is 1. The minimum absolute atomic E-state index is 0.699. The monoisotopic (exact) mass is 403 g/mol. The topological polar surface area (TPSA) is 47.0 Å². The van der Waals surface area contributed by atoms with Crippen LogP contribution in [0.15, 0.2) is 103 Å². The van der Waals surface area contributed by atoms with Crippen LogP contribution < -0.4 is 10.1 Å². The van der Waals surface area contributed by atoms with E-state index in [4.69, 9.17) is 14.7 Å². The molecule has 0 amide bonds. The Labute approximate surface area is 181 Å². The normalized spacial score (nSPS) is 10.7. The van der Waals surface area contributed by atoms with Crippen molar-refractivity contribution in [2.75, 3.05) is 5.32 Å². The predicted molar refractivity (Wildman–Crippen MR) is 126 cm³/mol. The highest BCUT2D eigenvalue weighted by molar-refractivity contribution is 5.92. The van der Waals surface area contributed by atoms with Crippen molar-refractivity contribution in [3.8, 4) is 22.9 Å². The van der Waals surface area contributed by atoms with E-state index in [1.165, 1.54) is 5.56 Å². The number of nitrogens with zero attached hydrogens (tertiary/aromatic N) is 2. The average molecular weight is 403 g/mol. The minimum atomic E-state index is 0.699. The third kappa shape index (κ3) is 4.23. The molecule has 31 heavy (non-hydrogen) atoms. The van der Waals surface area contributed by atoms with Crippen LogP contribution in [0.4, 0.5) is 11.5 Å². The Kier molecular flexibility index (Phi) is 5.03. The summed E-state index contributed by atoms with van der Waals surface area (Å²) in [6.45, 7) is 2.07. The van der Waals surface area contributed by atoms with Gasteiger partial charge in [-0.15, -0.1) is 0 Å². The standard InChI is InChI=1S/C27H21N3O/c1-19-11-13-20(14-12-19)26-29-25-10-6-5-9-24(25)27(30-26)28-21-15-17-23(18-16-21)31-22-7-3-2-4-8-22/h2-18H,1H3,(H,28,29,30). The molecule has 0 spiro atoms. The van der Waals surface area contributed by atoms with Gasteiger partial charge in [-0.1, -0.05) is 60.2 Å². The molecule has 0 saturated heterocycles. The van der Waals surface area contributed by atoms with Gasteiger partial charge in [-0.2, -0.15) is 0 Å². The fourth-order valence-corrected chi connectivity index (χ4v) is 3.37. The highest BCUT2D eigenvalue weighted by Crippen LogP contribution is 2.29. The van der Waals surface area contributed by atoms with E-state index < -0.39 is 0 Å². The van der Waals surface area contributed by atoms with Gasteiger partial charge >= 0.3 is 0 Å². The molecule has 5 aromatic rings. The van der Waals surface area contributed by atoms with Crippen LogP contribution in [0.25, 0.3) is 22.3 Å². The maximum Gasteiger partial charge on any atom is 0.162 e. The van der Waals surface area contributed by atoms with E-state index in [2.05, 4.69) is 36.5 Å². The van der Waals surface area contributed by atoms with Gasteiger partial charge in [-0.05, 0) is 55.5 Å². The van der Waals surface area contributed by atoms with Crippen molar-refractivity contribution in [2.45, 2.75) is 6.92 Å².